The van der Waals surface area contributed by atoms with Crippen LogP contribution in [0.5, 0.6) is 0 Å². The molecule has 7 rings (SSSR count). The van der Waals surface area contributed by atoms with Crippen LogP contribution in [-0.2, 0) is 13.6 Å². The third-order valence-electron chi connectivity index (χ3n) is 10.4. The van der Waals surface area contributed by atoms with Gasteiger partial charge in [-0.25, -0.2) is 14.5 Å². The average molecular weight is 770 g/mol. The number of furan rings is 1. The number of amidine groups is 2. The molecule has 0 radical (unpaired) electrons. The summed E-state index contributed by atoms with van der Waals surface area (Å²) >= 11 is 3.47. The highest BCUT2D eigenvalue weighted by atomic mass is 79.9. The van der Waals surface area contributed by atoms with E-state index >= 15 is 0 Å². The average Bonchev–Trinajstić information content (AvgIpc) is 3.88. The number of amides is 2. The van der Waals surface area contributed by atoms with Gasteiger partial charge in [-0.15, -0.1) is 0 Å². The Kier molecular flexibility index (Phi) is 11.2. The molecule has 52 heavy (non-hydrogen) atoms. The standard InChI is InChI=1S/C24H26BrN5O.C16H23N3O2/c1-6-24(4)23(27-19-14-12-18(25)13-15-19)26-17(3)29(24)21-16(2)28(5)30(22(21)31)20-10-8-7-9-11-20;1-2-14-15(17-12-7-4-3-5-8-12)18-16(20)19(14)11-13-9-6-10-21-13/h7-15H,3,6H2,1-2,4-5H3,(H,26,27);6,9-10,12,14H,2-5,7-8,11H2,1H3,(H,17,18,20). The summed E-state index contributed by atoms with van der Waals surface area (Å²) in [5.41, 5.74) is 2.58. The molecule has 3 aliphatic rings. The zero-order valence-electron chi connectivity index (χ0n) is 30.7. The molecular weight excluding hydrogens is 720 g/mol. The van der Waals surface area contributed by atoms with Crippen molar-refractivity contribution in [3.63, 3.8) is 0 Å². The van der Waals surface area contributed by atoms with Gasteiger partial charge in [0.2, 0.25) is 0 Å². The van der Waals surface area contributed by atoms with E-state index in [9.17, 15) is 9.59 Å². The Bertz CT molecular complexity index is 1990. The van der Waals surface area contributed by atoms with Crippen LogP contribution in [0.3, 0.4) is 0 Å². The summed E-state index contributed by atoms with van der Waals surface area (Å²) in [4.78, 5) is 39.2. The fraction of sp³-hybridized carbons (Fsp3) is 0.400. The minimum atomic E-state index is -0.538. The van der Waals surface area contributed by atoms with Crippen molar-refractivity contribution in [3.8, 4) is 5.69 Å². The second-order valence-electron chi connectivity index (χ2n) is 13.7. The molecule has 2 amide bonds. The number of hydrogen-bond donors (Lipinski definition) is 2. The summed E-state index contributed by atoms with van der Waals surface area (Å²) in [6, 6.07) is 21.7. The normalized spacial score (nSPS) is 21.3. The Morgan fingerprint density at radius 3 is 2.38 bits per heavy atom. The van der Waals surface area contributed by atoms with Crippen molar-refractivity contribution in [2.45, 2.75) is 96.8 Å². The van der Waals surface area contributed by atoms with E-state index in [0.29, 0.717) is 24.1 Å². The van der Waals surface area contributed by atoms with Crippen molar-refractivity contribution >= 4 is 45.0 Å². The fourth-order valence-corrected chi connectivity index (χ4v) is 7.55. The molecule has 4 aromatic rings. The molecule has 2 aromatic heterocycles. The lowest BCUT2D eigenvalue weighted by Crippen LogP contribution is -2.51. The summed E-state index contributed by atoms with van der Waals surface area (Å²) in [7, 11) is 1.90. The van der Waals surface area contributed by atoms with Gasteiger partial charge in [0.05, 0.1) is 36.3 Å². The highest BCUT2D eigenvalue weighted by Crippen LogP contribution is 2.38. The molecule has 1 saturated heterocycles. The Balaban J connectivity index is 0.000000192. The predicted molar refractivity (Wildman–Crippen MR) is 212 cm³/mol. The van der Waals surface area contributed by atoms with Crippen molar-refractivity contribution in [1.29, 1.82) is 0 Å². The number of carbonyl (C=O) groups excluding carboxylic acids is 1. The summed E-state index contributed by atoms with van der Waals surface area (Å²) in [6.07, 6.45) is 9.36. The predicted octanol–water partition coefficient (Wildman–Crippen LogP) is 8.53. The lowest BCUT2D eigenvalue weighted by Gasteiger charge is -2.36. The number of rotatable bonds is 8. The van der Waals surface area contributed by atoms with Crippen LogP contribution in [0.1, 0.15) is 77.2 Å². The molecule has 2 fully saturated rings. The van der Waals surface area contributed by atoms with Crippen LogP contribution in [0.25, 0.3) is 5.69 Å². The largest absolute Gasteiger partial charge is 0.467 e. The molecule has 274 valence electrons. The van der Waals surface area contributed by atoms with Crippen LogP contribution < -0.4 is 21.1 Å². The third kappa shape index (κ3) is 7.39. The molecule has 2 aromatic carbocycles. The first-order valence-corrected chi connectivity index (χ1v) is 19.0. The molecule has 1 aliphatic carbocycles. The van der Waals surface area contributed by atoms with Crippen molar-refractivity contribution in [1.82, 2.24) is 19.6 Å². The van der Waals surface area contributed by atoms with Gasteiger partial charge in [-0.3, -0.25) is 19.8 Å². The Hall–Kier alpha value is -4.84. The topological polar surface area (TPSA) is 112 Å². The summed E-state index contributed by atoms with van der Waals surface area (Å²) < 4.78 is 9.95. The minimum absolute atomic E-state index is 0.0459. The number of carbonyl (C=O) groups is 1. The smallest absolute Gasteiger partial charge is 0.323 e. The van der Waals surface area contributed by atoms with Crippen LogP contribution in [0.4, 0.5) is 16.2 Å². The Morgan fingerprint density at radius 2 is 1.75 bits per heavy atom. The van der Waals surface area contributed by atoms with Gasteiger partial charge in [0.25, 0.3) is 5.56 Å². The summed E-state index contributed by atoms with van der Waals surface area (Å²) in [5, 5.41) is 6.40. The van der Waals surface area contributed by atoms with E-state index in [1.54, 1.807) is 10.9 Å². The molecule has 0 bridgehead atoms. The van der Waals surface area contributed by atoms with Gasteiger partial charge in [-0.2, -0.15) is 0 Å². The maximum atomic E-state index is 13.6. The van der Waals surface area contributed by atoms with Gasteiger partial charge in [-0.1, -0.05) is 73.8 Å². The number of para-hydroxylation sites is 1. The molecule has 2 aliphatic heterocycles. The molecule has 1 saturated carbocycles. The lowest BCUT2D eigenvalue weighted by molar-refractivity contribution is 0.196. The van der Waals surface area contributed by atoms with Crippen LogP contribution in [-0.4, -0.2) is 49.6 Å². The molecule has 2 unspecified atom stereocenters. The zero-order valence-corrected chi connectivity index (χ0v) is 32.3. The zero-order chi connectivity index (χ0) is 37.0. The van der Waals surface area contributed by atoms with Gasteiger partial charge in [0.15, 0.2) is 0 Å². The van der Waals surface area contributed by atoms with E-state index < -0.39 is 5.54 Å². The fourth-order valence-electron chi connectivity index (χ4n) is 7.28. The van der Waals surface area contributed by atoms with Crippen LogP contribution >= 0.6 is 15.9 Å². The van der Waals surface area contributed by atoms with E-state index in [2.05, 4.69) is 53.9 Å². The van der Waals surface area contributed by atoms with Crippen molar-refractivity contribution in [2.75, 3.05) is 10.2 Å². The van der Waals surface area contributed by atoms with Crippen molar-refractivity contribution in [2.24, 2.45) is 17.0 Å². The van der Waals surface area contributed by atoms with E-state index in [1.165, 1.54) is 19.3 Å². The van der Waals surface area contributed by atoms with Gasteiger partial charge in [-0.05, 0) is 88.1 Å². The molecular formula is C40H49BrN8O3. The van der Waals surface area contributed by atoms with E-state index in [-0.39, 0.29) is 17.6 Å². The number of anilines is 2. The SMILES string of the molecule is C=C1N=C(Nc2ccc(Br)cc2)C(C)(CC)N1c1c(C)n(C)n(-c2ccccc2)c1=O.CCC1C(=NC2CCCCC2)NC(=O)N1Cc1ccco1. The molecule has 2 N–H and O–H groups in total. The first-order chi connectivity index (χ1) is 25.0. The highest BCUT2D eigenvalue weighted by Gasteiger charge is 2.45. The van der Waals surface area contributed by atoms with Crippen LogP contribution in [0.2, 0.25) is 0 Å². The number of aliphatic imine (C=N–C) groups is 2. The molecule has 11 nitrogen and oxygen atoms in total. The summed E-state index contributed by atoms with van der Waals surface area (Å²) in [5.74, 6) is 2.98. The lowest BCUT2D eigenvalue weighted by atomic mass is 9.95. The Morgan fingerprint density at radius 1 is 1.04 bits per heavy atom. The minimum Gasteiger partial charge on any atom is -0.467 e. The van der Waals surface area contributed by atoms with Crippen molar-refractivity contribution < 1.29 is 9.21 Å². The highest BCUT2D eigenvalue weighted by molar-refractivity contribution is 9.10. The number of halogens is 1. The Labute approximate surface area is 314 Å². The maximum absolute atomic E-state index is 13.6. The van der Waals surface area contributed by atoms with Gasteiger partial charge >= 0.3 is 6.03 Å². The number of nitrogens with one attached hydrogen (secondary N) is 2. The third-order valence-corrected chi connectivity index (χ3v) is 11.0. The van der Waals surface area contributed by atoms with Crippen molar-refractivity contribution in [3.05, 3.63) is 112 Å². The first kappa shape index (κ1) is 36.9. The first-order valence-electron chi connectivity index (χ1n) is 18.2. The molecule has 0 spiro atoms. The second-order valence-corrected chi connectivity index (χ2v) is 14.7. The van der Waals surface area contributed by atoms with E-state index in [1.807, 2.05) is 95.2 Å². The molecule has 2 atom stereocenters. The number of nitrogens with zero attached hydrogens (tertiary/aromatic N) is 6. The van der Waals surface area contributed by atoms with Gasteiger partial charge < -0.3 is 19.5 Å². The number of urea groups is 1. The van der Waals surface area contributed by atoms with Crippen LogP contribution in [0, 0.1) is 6.92 Å². The molecule has 12 heteroatoms. The van der Waals surface area contributed by atoms with Crippen LogP contribution in [0.15, 0.2) is 109 Å². The van der Waals surface area contributed by atoms with Gasteiger partial charge in [0.1, 0.15) is 34.5 Å². The maximum Gasteiger partial charge on any atom is 0.323 e. The monoisotopic (exact) mass is 768 g/mol. The number of hydrogen-bond acceptors (Lipinski definition) is 7. The van der Waals surface area contributed by atoms with E-state index in [0.717, 1.165) is 64.7 Å². The molecule has 4 heterocycles. The number of benzene rings is 2. The van der Waals surface area contributed by atoms with E-state index in [4.69, 9.17) is 14.4 Å². The second kappa shape index (κ2) is 15.8. The van der Waals surface area contributed by atoms with Gasteiger partial charge in [0, 0.05) is 17.2 Å². The summed E-state index contributed by atoms with van der Waals surface area (Å²) in [6.45, 7) is 12.9. The number of aromatic nitrogens is 2. The quantitative estimate of drug-likeness (QED) is 0.187.